The standard InChI is InChI=1S/C24H21FN2O5/c1-26-18-7-3-2-6-17(18)24(23(26)31)19(20(28)14-8-10-15(25)11-9-14)21(29)22(30)27(24)13-16-5-4-12-32-16/h2-3,6-11,16,28H,4-5,12-13H2,1H3/t16-,24-/m1/s1. The van der Waals surface area contributed by atoms with Gasteiger partial charge in [0.25, 0.3) is 17.6 Å². The number of halogens is 1. The molecule has 2 aromatic carbocycles. The zero-order chi connectivity index (χ0) is 22.6. The zero-order valence-electron chi connectivity index (χ0n) is 17.4. The molecule has 1 N–H and O–H groups in total. The minimum absolute atomic E-state index is 0.0404. The fraction of sp³-hybridized carbons (Fsp3) is 0.292. The van der Waals surface area contributed by atoms with Crippen LogP contribution < -0.4 is 4.90 Å². The molecule has 3 heterocycles. The molecule has 3 aliphatic heterocycles. The summed E-state index contributed by atoms with van der Waals surface area (Å²) in [6, 6.07) is 11.8. The van der Waals surface area contributed by atoms with Crippen molar-refractivity contribution in [2.45, 2.75) is 24.5 Å². The van der Waals surface area contributed by atoms with Crippen molar-refractivity contribution < 1.29 is 28.6 Å². The summed E-state index contributed by atoms with van der Waals surface area (Å²) in [5.74, 6) is -3.38. The number of aliphatic hydroxyl groups is 1. The number of anilines is 1. The van der Waals surface area contributed by atoms with Crippen molar-refractivity contribution >= 4 is 29.0 Å². The number of aliphatic hydroxyl groups excluding tert-OH is 1. The van der Waals surface area contributed by atoms with Crippen molar-refractivity contribution in [2.24, 2.45) is 0 Å². The first-order valence-electron chi connectivity index (χ1n) is 10.4. The Morgan fingerprint density at radius 3 is 2.56 bits per heavy atom. The lowest BCUT2D eigenvalue weighted by atomic mass is 9.81. The summed E-state index contributed by atoms with van der Waals surface area (Å²) in [6.07, 6.45) is 1.20. The van der Waals surface area contributed by atoms with Crippen LogP contribution in [-0.2, 0) is 24.7 Å². The number of hydrogen-bond donors (Lipinski definition) is 1. The average molecular weight is 436 g/mol. The van der Waals surface area contributed by atoms with Gasteiger partial charge in [0.05, 0.1) is 11.7 Å². The van der Waals surface area contributed by atoms with Gasteiger partial charge in [-0.2, -0.15) is 0 Å². The number of nitrogens with zero attached hydrogens (tertiary/aromatic N) is 2. The van der Waals surface area contributed by atoms with E-state index in [4.69, 9.17) is 4.74 Å². The van der Waals surface area contributed by atoms with Gasteiger partial charge in [0, 0.05) is 37.0 Å². The smallest absolute Gasteiger partial charge is 0.296 e. The van der Waals surface area contributed by atoms with Crippen LogP contribution in [0.25, 0.3) is 5.76 Å². The van der Waals surface area contributed by atoms with E-state index < -0.39 is 34.7 Å². The number of ketones is 1. The van der Waals surface area contributed by atoms with E-state index in [1.54, 1.807) is 31.3 Å². The summed E-state index contributed by atoms with van der Waals surface area (Å²) < 4.78 is 19.2. The highest BCUT2D eigenvalue weighted by molar-refractivity contribution is 6.50. The second-order valence-corrected chi connectivity index (χ2v) is 8.20. The number of para-hydroxylation sites is 1. The molecule has 8 heteroatoms. The Hall–Kier alpha value is -3.52. The molecule has 0 bridgehead atoms. The number of likely N-dealkylation sites (tertiary alicyclic amines) is 1. The molecular formula is C24H21FN2O5. The van der Waals surface area contributed by atoms with E-state index in [1.165, 1.54) is 21.9 Å². The highest BCUT2D eigenvalue weighted by atomic mass is 19.1. The van der Waals surface area contributed by atoms with E-state index in [-0.39, 0.29) is 23.8 Å². The SMILES string of the molecule is CN1C(=O)[C@]2(C(=C(O)c3ccc(F)cc3)C(=O)C(=O)N2C[C@H]2CCCO2)c2ccccc21. The molecule has 0 aliphatic carbocycles. The molecule has 2 atom stereocenters. The number of carbonyl (C=O) groups is 3. The molecule has 1 spiro atoms. The van der Waals surface area contributed by atoms with Crippen molar-refractivity contribution in [3.05, 3.63) is 71.0 Å². The van der Waals surface area contributed by atoms with Crippen LogP contribution in [0.1, 0.15) is 24.0 Å². The maximum absolute atomic E-state index is 13.8. The molecule has 7 nitrogen and oxygen atoms in total. The quantitative estimate of drug-likeness (QED) is 0.454. The minimum atomic E-state index is -1.82. The Morgan fingerprint density at radius 1 is 1.16 bits per heavy atom. The third kappa shape index (κ3) is 2.65. The van der Waals surface area contributed by atoms with E-state index in [0.29, 0.717) is 24.3 Å². The van der Waals surface area contributed by atoms with Crippen LogP contribution in [0.5, 0.6) is 0 Å². The first kappa shape index (κ1) is 20.4. The van der Waals surface area contributed by atoms with E-state index in [0.717, 1.165) is 18.6 Å². The average Bonchev–Trinajstić information content (AvgIpc) is 3.45. The van der Waals surface area contributed by atoms with E-state index in [2.05, 4.69) is 0 Å². The van der Waals surface area contributed by atoms with E-state index in [1.807, 2.05) is 0 Å². The van der Waals surface area contributed by atoms with Crippen molar-refractivity contribution in [3.63, 3.8) is 0 Å². The van der Waals surface area contributed by atoms with Crippen LogP contribution in [0.2, 0.25) is 0 Å². The van der Waals surface area contributed by atoms with Crippen LogP contribution in [0, 0.1) is 5.82 Å². The summed E-state index contributed by atoms with van der Waals surface area (Å²) in [7, 11) is 1.57. The summed E-state index contributed by atoms with van der Waals surface area (Å²) in [4.78, 5) is 43.0. The Morgan fingerprint density at radius 2 is 1.88 bits per heavy atom. The first-order valence-corrected chi connectivity index (χ1v) is 10.4. The molecule has 0 unspecified atom stereocenters. The van der Waals surface area contributed by atoms with Crippen molar-refractivity contribution in [1.82, 2.24) is 4.90 Å². The number of carbonyl (C=O) groups excluding carboxylic acids is 3. The maximum atomic E-state index is 13.8. The number of benzene rings is 2. The van der Waals surface area contributed by atoms with Gasteiger partial charge in [-0.15, -0.1) is 0 Å². The van der Waals surface area contributed by atoms with E-state index >= 15 is 0 Å². The topological polar surface area (TPSA) is 87.2 Å². The molecule has 2 aromatic rings. The van der Waals surface area contributed by atoms with Crippen LogP contribution in [0.3, 0.4) is 0 Å². The molecule has 0 radical (unpaired) electrons. The Kier molecular flexibility index (Phi) is 4.63. The summed E-state index contributed by atoms with van der Waals surface area (Å²) in [6.45, 7) is 0.584. The molecule has 0 saturated carbocycles. The van der Waals surface area contributed by atoms with Gasteiger partial charge in [-0.1, -0.05) is 18.2 Å². The maximum Gasteiger partial charge on any atom is 0.296 e. The number of rotatable bonds is 3. The van der Waals surface area contributed by atoms with Gasteiger partial charge < -0.3 is 19.6 Å². The highest BCUT2D eigenvalue weighted by Gasteiger charge is 2.66. The Labute approximate surface area is 183 Å². The summed E-state index contributed by atoms with van der Waals surface area (Å²) in [5.41, 5.74) is -1.01. The fourth-order valence-electron chi connectivity index (χ4n) is 4.97. The van der Waals surface area contributed by atoms with Crippen LogP contribution in [-0.4, -0.2) is 53.9 Å². The van der Waals surface area contributed by atoms with Gasteiger partial charge in [-0.05, 0) is 43.2 Å². The molecule has 3 aliphatic rings. The lowest BCUT2D eigenvalue weighted by Gasteiger charge is -2.35. The van der Waals surface area contributed by atoms with Gasteiger partial charge in [-0.25, -0.2) is 4.39 Å². The van der Waals surface area contributed by atoms with Gasteiger partial charge in [0.2, 0.25) is 0 Å². The lowest BCUT2D eigenvalue weighted by molar-refractivity contribution is -0.145. The third-order valence-electron chi connectivity index (χ3n) is 6.47. The Balaban J connectivity index is 1.79. The van der Waals surface area contributed by atoms with Crippen LogP contribution in [0.4, 0.5) is 10.1 Å². The number of hydrogen-bond acceptors (Lipinski definition) is 5. The molecule has 0 aromatic heterocycles. The monoisotopic (exact) mass is 436 g/mol. The molecule has 32 heavy (non-hydrogen) atoms. The molecule has 2 fully saturated rings. The van der Waals surface area contributed by atoms with Crippen LogP contribution >= 0.6 is 0 Å². The van der Waals surface area contributed by atoms with Gasteiger partial charge >= 0.3 is 0 Å². The summed E-state index contributed by atoms with van der Waals surface area (Å²) >= 11 is 0. The Bertz CT molecular complexity index is 1170. The lowest BCUT2D eigenvalue weighted by Crippen LogP contribution is -2.53. The van der Waals surface area contributed by atoms with Crippen molar-refractivity contribution in [2.75, 3.05) is 25.1 Å². The molecule has 5 rings (SSSR count). The first-order chi connectivity index (χ1) is 15.4. The number of likely N-dealkylation sites (N-methyl/N-ethyl adjacent to an activating group) is 1. The number of Topliss-reactive ketones (excluding diaryl/α,β-unsaturated/α-hetero) is 1. The van der Waals surface area contributed by atoms with Crippen molar-refractivity contribution in [1.29, 1.82) is 0 Å². The minimum Gasteiger partial charge on any atom is -0.507 e. The number of amides is 2. The second-order valence-electron chi connectivity index (χ2n) is 8.20. The van der Waals surface area contributed by atoms with Crippen molar-refractivity contribution in [3.8, 4) is 0 Å². The fourth-order valence-corrected chi connectivity index (χ4v) is 4.97. The molecular weight excluding hydrogens is 415 g/mol. The zero-order valence-corrected chi connectivity index (χ0v) is 17.4. The number of fused-ring (bicyclic) bond motifs is 2. The van der Waals surface area contributed by atoms with Crippen LogP contribution in [0.15, 0.2) is 54.1 Å². The largest absolute Gasteiger partial charge is 0.507 e. The van der Waals surface area contributed by atoms with Gasteiger partial charge in [-0.3, -0.25) is 14.4 Å². The molecule has 2 amide bonds. The van der Waals surface area contributed by atoms with Gasteiger partial charge in [0.1, 0.15) is 11.6 Å². The molecule has 164 valence electrons. The second kappa shape index (κ2) is 7.27. The van der Waals surface area contributed by atoms with E-state index in [9.17, 15) is 23.9 Å². The normalized spacial score (nSPS) is 26.4. The highest BCUT2D eigenvalue weighted by Crippen LogP contribution is 2.53. The number of ether oxygens (including phenoxy) is 1. The predicted octanol–water partition coefficient (Wildman–Crippen LogP) is 2.56. The predicted molar refractivity (Wildman–Crippen MR) is 113 cm³/mol. The third-order valence-corrected chi connectivity index (χ3v) is 6.47. The summed E-state index contributed by atoms with van der Waals surface area (Å²) in [5, 5.41) is 11.2. The molecule has 2 saturated heterocycles. The van der Waals surface area contributed by atoms with Gasteiger partial charge in [0.15, 0.2) is 5.54 Å².